The Kier molecular flexibility index (Phi) is 3.74. The Morgan fingerprint density at radius 1 is 1.65 bits per heavy atom. The van der Waals surface area contributed by atoms with Gasteiger partial charge in [0.2, 0.25) is 5.91 Å². The van der Waals surface area contributed by atoms with Crippen LogP contribution in [-0.4, -0.2) is 41.5 Å². The Morgan fingerprint density at radius 3 is 3.12 bits per heavy atom. The molecule has 0 aliphatic carbocycles. The highest BCUT2D eigenvalue weighted by molar-refractivity contribution is 5.83. The number of hydrogen-bond donors (Lipinski definition) is 1. The molecule has 0 bridgehead atoms. The van der Waals surface area contributed by atoms with Crippen LogP contribution in [0, 0.1) is 0 Å². The summed E-state index contributed by atoms with van der Waals surface area (Å²) in [5, 5.41) is 3.29. The van der Waals surface area contributed by atoms with Crippen molar-refractivity contribution in [2.75, 3.05) is 19.6 Å². The van der Waals surface area contributed by atoms with Gasteiger partial charge < -0.3 is 10.2 Å². The quantitative estimate of drug-likeness (QED) is 0.829. The van der Waals surface area contributed by atoms with Gasteiger partial charge >= 0.3 is 0 Å². The zero-order valence-corrected chi connectivity index (χ0v) is 10.4. The Balaban J connectivity index is 2.09. The van der Waals surface area contributed by atoms with E-state index >= 15 is 0 Å². The molecule has 1 aromatic heterocycles. The van der Waals surface area contributed by atoms with Crippen molar-refractivity contribution in [2.45, 2.75) is 25.8 Å². The van der Waals surface area contributed by atoms with Crippen LogP contribution < -0.4 is 5.32 Å². The van der Waals surface area contributed by atoms with E-state index in [-0.39, 0.29) is 17.9 Å². The van der Waals surface area contributed by atoms with E-state index in [4.69, 9.17) is 0 Å². The van der Waals surface area contributed by atoms with Crippen LogP contribution in [0.1, 0.15) is 25.3 Å². The second-order valence-electron chi connectivity index (χ2n) is 4.59. The maximum atomic E-state index is 12.4. The number of hydrogen-bond acceptors (Lipinski definition) is 3. The highest BCUT2D eigenvalue weighted by atomic mass is 16.2. The molecule has 2 atom stereocenters. The highest BCUT2D eigenvalue weighted by Crippen LogP contribution is 2.18. The first-order valence-electron chi connectivity index (χ1n) is 6.11. The van der Waals surface area contributed by atoms with Gasteiger partial charge in [-0.1, -0.05) is 6.07 Å². The summed E-state index contributed by atoms with van der Waals surface area (Å²) in [5.41, 5.74) is 0.989. The van der Waals surface area contributed by atoms with E-state index < -0.39 is 0 Å². The third-order valence-electron chi connectivity index (χ3n) is 3.34. The lowest BCUT2D eigenvalue weighted by atomic mass is 10.0. The zero-order chi connectivity index (χ0) is 12.3. The monoisotopic (exact) mass is 233 g/mol. The fourth-order valence-corrected chi connectivity index (χ4v) is 2.19. The molecule has 1 fully saturated rings. The lowest BCUT2D eigenvalue weighted by Crippen LogP contribution is -2.53. The van der Waals surface area contributed by atoms with Gasteiger partial charge in [0, 0.05) is 38.1 Å². The molecule has 17 heavy (non-hydrogen) atoms. The van der Waals surface area contributed by atoms with Gasteiger partial charge in [-0.25, -0.2) is 0 Å². The summed E-state index contributed by atoms with van der Waals surface area (Å²) in [6, 6.07) is 4.11. The average Bonchev–Trinajstić information content (AvgIpc) is 2.39. The lowest BCUT2D eigenvalue weighted by molar-refractivity contribution is -0.135. The Morgan fingerprint density at radius 2 is 2.47 bits per heavy atom. The number of carbonyl (C=O) groups excluding carboxylic acids is 1. The van der Waals surface area contributed by atoms with Gasteiger partial charge in [-0.05, 0) is 25.5 Å². The van der Waals surface area contributed by atoms with Crippen LogP contribution >= 0.6 is 0 Å². The highest BCUT2D eigenvalue weighted by Gasteiger charge is 2.27. The van der Waals surface area contributed by atoms with Crippen LogP contribution in [0.3, 0.4) is 0 Å². The van der Waals surface area contributed by atoms with Gasteiger partial charge in [0.25, 0.3) is 0 Å². The average molecular weight is 233 g/mol. The summed E-state index contributed by atoms with van der Waals surface area (Å²) in [5.74, 6) is 0.0938. The summed E-state index contributed by atoms with van der Waals surface area (Å²) in [7, 11) is 0. The summed E-state index contributed by atoms with van der Waals surface area (Å²) < 4.78 is 0. The minimum atomic E-state index is -0.107. The minimum absolute atomic E-state index is 0.107. The maximum Gasteiger partial charge on any atom is 0.230 e. The maximum absolute atomic E-state index is 12.4. The number of aromatic nitrogens is 1. The Hall–Kier alpha value is -1.42. The molecule has 2 rings (SSSR count). The molecule has 92 valence electrons. The zero-order valence-electron chi connectivity index (χ0n) is 10.4. The fraction of sp³-hybridized carbons (Fsp3) is 0.538. The van der Waals surface area contributed by atoms with E-state index in [2.05, 4.69) is 17.2 Å². The molecule has 0 radical (unpaired) electrons. The van der Waals surface area contributed by atoms with E-state index in [1.54, 1.807) is 12.4 Å². The first-order chi connectivity index (χ1) is 8.20. The summed E-state index contributed by atoms with van der Waals surface area (Å²) in [6.45, 7) is 6.60. The van der Waals surface area contributed by atoms with E-state index in [1.165, 1.54) is 0 Å². The molecule has 0 saturated carbocycles. The van der Waals surface area contributed by atoms with E-state index in [1.807, 2.05) is 24.0 Å². The van der Waals surface area contributed by atoms with Gasteiger partial charge in [-0.3, -0.25) is 9.78 Å². The third kappa shape index (κ3) is 2.64. The van der Waals surface area contributed by atoms with Crippen molar-refractivity contribution in [2.24, 2.45) is 0 Å². The molecular formula is C13H19N3O. The molecule has 1 saturated heterocycles. The van der Waals surface area contributed by atoms with Crippen LogP contribution in [0.5, 0.6) is 0 Å². The molecular weight excluding hydrogens is 214 g/mol. The van der Waals surface area contributed by atoms with Crippen molar-refractivity contribution >= 4 is 5.91 Å². The molecule has 0 aromatic carbocycles. The van der Waals surface area contributed by atoms with Crippen molar-refractivity contribution in [1.29, 1.82) is 0 Å². The summed E-state index contributed by atoms with van der Waals surface area (Å²) in [6.07, 6.45) is 3.50. The van der Waals surface area contributed by atoms with E-state index in [9.17, 15) is 4.79 Å². The molecule has 0 spiro atoms. The fourth-order valence-electron chi connectivity index (χ4n) is 2.19. The predicted molar refractivity (Wildman–Crippen MR) is 66.7 cm³/mol. The summed E-state index contributed by atoms with van der Waals surface area (Å²) in [4.78, 5) is 18.4. The SMILES string of the molecule is C[C@H](C(=O)N1CCNC[C@H]1C)c1cccnc1. The summed E-state index contributed by atoms with van der Waals surface area (Å²) >= 11 is 0. The Bertz CT molecular complexity index is 380. The van der Waals surface area contributed by atoms with E-state index in [0.29, 0.717) is 0 Å². The van der Waals surface area contributed by atoms with Gasteiger partial charge in [-0.15, -0.1) is 0 Å². The van der Waals surface area contributed by atoms with E-state index in [0.717, 1.165) is 25.2 Å². The molecule has 1 aliphatic rings. The molecule has 4 nitrogen and oxygen atoms in total. The second kappa shape index (κ2) is 5.27. The molecule has 1 N–H and O–H groups in total. The van der Waals surface area contributed by atoms with Crippen molar-refractivity contribution in [3.8, 4) is 0 Å². The van der Waals surface area contributed by atoms with Crippen molar-refractivity contribution < 1.29 is 4.79 Å². The normalized spacial score (nSPS) is 22.2. The Labute approximate surface area is 102 Å². The molecule has 1 aromatic rings. The van der Waals surface area contributed by atoms with Crippen LogP contribution in [0.4, 0.5) is 0 Å². The molecule has 0 unspecified atom stereocenters. The van der Waals surface area contributed by atoms with Gasteiger partial charge in [0.15, 0.2) is 0 Å². The van der Waals surface area contributed by atoms with Crippen LogP contribution in [0.25, 0.3) is 0 Å². The van der Waals surface area contributed by atoms with Crippen LogP contribution in [-0.2, 0) is 4.79 Å². The number of rotatable bonds is 2. The predicted octanol–water partition coefficient (Wildman–Crippen LogP) is 1.01. The van der Waals surface area contributed by atoms with Crippen molar-refractivity contribution in [1.82, 2.24) is 15.2 Å². The standard InChI is InChI=1S/C13H19N3O/c1-10-8-15-6-7-16(10)13(17)11(2)12-4-3-5-14-9-12/h3-5,9-11,15H,6-8H2,1-2H3/t10-,11+/m1/s1. The second-order valence-corrected chi connectivity index (χ2v) is 4.59. The topological polar surface area (TPSA) is 45.2 Å². The first kappa shape index (κ1) is 12.0. The number of nitrogens with zero attached hydrogens (tertiary/aromatic N) is 2. The number of nitrogens with one attached hydrogen (secondary N) is 1. The minimum Gasteiger partial charge on any atom is -0.337 e. The number of pyridine rings is 1. The first-order valence-corrected chi connectivity index (χ1v) is 6.11. The smallest absolute Gasteiger partial charge is 0.230 e. The lowest BCUT2D eigenvalue weighted by Gasteiger charge is -2.35. The molecule has 1 aliphatic heterocycles. The van der Waals surface area contributed by atoms with Crippen LogP contribution in [0.2, 0.25) is 0 Å². The molecule has 4 heteroatoms. The largest absolute Gasteiger partial charge is 0.337 e. The van der Waals surface area contributed by atoms with Gasteiger partial charge in [0.05, 0.1) is 5.92 Å². The number of carbonyl (C=O) groups is 1. The van der Waals surface area contributed by atoms with Crippen molar-refractivity contribution in [3.05, 3.63) is 30.1 Å². The number of amides is 1. The molecule has 2 heterocycles. The molecule has 1 amide bonds. The van der Waals surface area contributed by atoms with Crippen molar-refractivity contribution in [3.63, 3.8) is 0 Å². The van der Waals surface area contributed by atoms with Crippen LogP contribution in [0.15, 0.2) is 24.5 Å². The third-order valence-corrected chi connectivity index (χ3v) is 3.34. The van der Waals surface area contributed by atoms with Gasteiger partial charge in [0.1, 0.15) is 0 Å². The van der Waals surface area contributed by atoms with Gasteiger partial charge in [-0.2, -0.15) is 0 Å². The number of piperazine rings is 1.